The molecule has 20 heavy (non-hydrogen) atoms. The molecule has 0 bridgehead atoms. The number of nitrogens with zero attached hydrogens (tertiary/aromatic N) is 1. The van der Waals surface area contributed by atoms with Crippen LogP contribution in [-0.4, -0.2) is 39.3 Å². The number of amides is 1. The van der Waals surface area contributed by atoms with E-state index in [1.807, 2.05) is 43.1 Å². The fourth-order valence-corrected chi connectivity index (χ4v) is 1.84. The van der Waals surface area contributed by atoms with Crippen molar-refractivity contribution in [1.29, 1.82) is 0 Å². The standard InChI is InChI=1S/C15H25N3O2/c1-12(15(19)17-9-4-10-20-3)18(2)14-7-5-13(11-16)6-8-14/h5-8,12H,4,9-11,16H2,1-3H3,(H,17,19). The summed E-state index contributed by atoms with van der Waals surface area (Å²) in [7, 11) is 3.57. The molecule has 1 aromatic rings. The number of benzene rings is 1. The summed E-state index contributed by atoms with van der Waals surface area (Å²) < 4.78 is 4.95. The van der Waals surface area contributed by atoms with Gasteiger partial charge in [-0.15, -0.1) is 0 Å². The zero-order valence-electron chi connectivity index (χ0n) is 12.6. The van der Waals surface area contributed by atoms with E-state index < -0.39 is 0 Å². The van der Waals surface area contributed by atoms with Crippen molar-refractivity contribution in [1.82, 2.24) is 5.32 Å². The van der Waals surface area contributed by atoms with Crippen molar-refractivity contribution in [2.24, 2.45) is 5.73 Å². The molecule has 0 spiro atoms. The molecule has 1 unspecified atom stereocenters. The molecule has 5 nitrogen and oxygen atoms in total. The van der Waals surface area contributed by atoms with Gasteiger partial charge in [-0.2, -0.15) is 0 Å². The number of methoxy groups -OCH3 is 1. The van der Waals surface area contributed by atoms with E-state index in [2.05, 4.69) is 5.32 Å². The van der Waals surface area contributed by atoms with Crippen molar-refractivity contribution < 1.29 is 9.53 Å². The summed E-state index contributed by atoms with van der Waals surface area (Å²) in [5.74, 6) is 0.0199. The molecule has 0 fully saturated rings. The van der Waals surface area contributed by atoms with E-state index in [0.717, 1.165) is 17.7 Å². The normalized spacial score (nSPS) is 12.0. The first-order valence-electron chi connectivity index (χ1n) is 6.88. The van der Waals surface area contributed by atoms with Crippen LogP contribution in [0.15, 0.2) is 24.3 Å². The lowest BCUT2D eigenvalue weighted by Crippen LogP contribution is -2.43. The van der Waals surface area contributed by atoms with Crippen LogP contribution in [-0.2, 0) is 16.1 Å². The molecular weight excluding hydrogens is 254 g/mol. The second-order valence-electron chi connectivity index (χ2n) is 4.79. The van der Waals surface area contributed by atoms with Crippen LogP contribution >= 0.6 is 0 Å². The Morgan fingerprint density at radius 2 is 2.05 bits per heavy atom. The maximum Gasteiger partial charge on any atom is 0.242 e. The Morgan fingerprint density at radius 3 is 2.60 bits per heavy atom. The van der Waals surface area contributed by atoms with Gasteiger partial charge in [0.2, 0.25) is 5.91 Å². The van der Waals surface area contributed by atoms with Gasteiger partial charge in [-0.1, -0.05) is 12.1 Å². The summed E-state index contributed by atoms with van der Waals surface area (Å²) in [5, 5.41) is 2.91. The predicted molar refractivity (Wildman–Crippen MR) is 81.7 cm³/mol. The van der Waals surface area contributed by atoms with Gasteiger partial charge >= 0.3 is 0 Å². The third kappa shape index (κ3) is 4.83. The molecule has 0 heterocycles. The largest absolute Gasteiger partial charge is 0.385 e. The summed E-state index contributed by atoms with van der Waals surface area (Å²) in [4.78, 5) is 14.0. The molecule has 5 heteroatoms. The number of ether oxygens (including phenoxy) is 1. The van der Waals surface area contributed by atoms with Crippen LogP contribution in [0.5, 0.6) is 0 Å². The minimum absolute atomic E-state index is 0.0199. The first kappa shape index (κ1) is 16.5. The summed E-state index contributed by atoms with van der Waals surface area (Å²) >= 11 is 0. The van der Waals surface area contributed by atoms with Crippen molar-refractivity contribution >= 4 is 11.6 Å². The number of carbonyl (C=O) groups excluding carboxylic acids is 1. The monoisotopic (exact) mass is 279 g/mol. The summed E-state index contributed by atoms with van der Waals surface area (Å²) in [6.07, 6.45) is 0.823. The first-order valence-corrected chi connectivity index (χ1v) is 6.88. The fourth-order valence-electron chi connectivity index (χ4n) is 1.84. The Hall–Kier alpha value is -1.59. The van der Waals surface area contributed by atoms with Gasteiger partial charge in [-0.25, -0.2) is 0 Å². The Morgan fingerprint density at radius 1 is 1.40 bits per heavy atom. The topological polar surface area (TPSA) is 67.6 Å². The highest BCUT2D eigenvalue weighted by atomic mass is 16.5. The van der Waals surface area contributed by atoms with Crippen LogP contribution < -0.4 is 16.0 Å². The van der Waals surface area contributed by atoms with Crippen LogP contribution in [0.25, 0.3) is 0 Å². The summed E-state index contributed by atoms with van der Waals surface area (Å²) in [6.45, 7) is 3.71. The highest BCUT2D eigenvalue weighted by Crippen LogP contribution is 2.16. The number of hydrogen-bond acceptors (Lipinski definition) is 4. The Bertz CT molecular complexity index is 406. The molecule has 0 saturated heterocycles. The number of hydrogen-bond donors (Lipinski definition) is 2. The van der Waals surface area contributed by atoms with Crippen LogP contribution in [0.2, 0.25) is 0 Å². The van der Waals surface area contributed by atoms with E-state index in [-0.39, 0.29) is 11.9 Å². The lowest BCUT2D eigenvalue weighted by atomic mass is 10.1. The van der Waals surface area contributed by atoms with Crippen molar-refractivity contribution in [2.45, 2.75) is 25.9 Å². The number of carbonyl (C=O) groups is 1. The average Bonchev–Trinajstić information content (AvgIpc) is 2.50. The van der Waals surface area contributed by atoms with Crippen molar-refractivity contribution in [3.8, 4) is 0 Å². The minimum atomic E-state index is -0.221. The summed E-state index contributed by atoms with van der Waals surface area (Å²) in [5.41, 5.74) is 7.66. The van der Waals surface area contributed by atoms with E-state index in [1.165, 1.54) is 0 Å². The Labute approximate surface area is 121 Å². The van der Waals surface area contributed by atoms with E-state index in [9.17, 15) is 4.79 Å². The van der Waals surface area contributed by atoms with E-state index >= 15 is 0 Å². The smallest absolute Gasteiger partial charge is 0.242 e. The molecule has 1 rings (SSSR count). The number of anilines is 1. The van der Waals surface area contributed by atoms with Crippen molar-refractivity contribution in [3.05, 3.63) is 29.8 Å². The zero-order valence-corrected chi connectivity index (χ0v) is 12.6. The van der Waals surface area contributed by atoms with Gasteiger partial charge in [0, 0.05) is 39.5 Å². The van der Waals surface area contributed by atoms with Crippen LogP contribution in [0.1, 0.15) is 18.9 Å². The number of likely N-dealkylation sites (N-methyl/N-ethyl adjacent to an activating group) is 1. The molecule has 0 saturated carbocycles. The molecule has 0 aromatic heterocycles. The van der Waals surface area contributed by atoms with Crippen LogP contribution in [0.4, 0.5) is 5.69 Å². The van der Waals surface area contributed by atoms with E-state index in [1.54, 1.807) is 7.11 Å². The third-order valence-corrected chi connectivity index (χ3v) is 3.36. The van der Waals surface area contributed by atoms with E-state index in [0.29, 0.717) is 19.7 Å². The molecule has 0 aliphatic carbocycles. The van der Waals surface area contributed by atoms with Gasteiger partial charge < -0.3 is 20.7 Å². The summed E-state index contributed by atoms with van der Waals surface area (Å²) in [6, 6.07) is 7.71. The molecule has 3 N–H and O–H groups in total. The van der Waals surface area contributed by atoms with Crippen LogP contribution in [0, 0.1) is 0 Å². The van der Waals surface area contributed by atoms with Gasteiger partial charge in [-0.05, 0) is 31.0 Å². The molecule has 1 amide bonds. The highest BCUT2D eigenvalue weighted by Gasteiger charge is 2.17. The molecule has 0 radical (unpaired) electrons. The Kier molecular flexibility index (Phi) is 7.04. The quantitative estimate of drug-likeness (QED) is 0.700. The SMILES string of the molecule is COCCCNC(=O)C(C)N(C)c1ccc(CN)cc1. The van der Waals surface area contributed by atoms with E-state index in [4.69, 9.17) is 10.5 Å². The highest BCUT2D eigenvalue weighted by molar-refractivity contribution is 5.84. The molecule has 0 aliphatic rings. The molecule has 0 aliphatic heterocycles. The number of rotatable bonds is 8. The van der Waals surface area contributed by atoms with Gasteiger partial charge in [0.25, 0.3) is 0 Å². The minimum Gasteiger partial charge on any atom is -0.385 e. The van der Waals surface area contributed by atoms with Crippen molar-refractivity contribution in [2.75, 3.05) is 32.2 Å². The Balaban J connectivity index is 2.51. The first-order chi connectivity index (χ1) is 9.60. The molecule has 112 valence electrons. The lowest BCUT2D eigenvalue weighted by Gasteiger charge is -2.26. The molecule has 1 atom stereocenters. The maximum atomic E-state index is 12.0. The van der Waals surface area contributed by atoms with Gasteiger partial charge in [0.15, 0.2) is 0 Å². The zero-order chi connectivity index (χ0) is 15.0. The maximum absolute atomic E-state index is 12.0. The number of nitrogens with two attached hydrogens (primary N) is 1. The van der Waals surface area contributed by atoms with Crippen molar-refractivity contribution in [3.63, 3.8) is 0 Å². The average molecular weight is 279 g/mol. The lowest BCUT2D eigenvalue weighted by molar-refractivity contribution is -0.122. The third-order valence-electron chi connectivity index (χ3n) is 3.36. The number of nitrogens with one attached hydrogen (secondary N) is 1. The molecular formula is C15H25N3O2. The second-order valence-corrected chi connectivity index (χ2v) is 4.79. The van der Waals surface area contributed by atoms with Gasteiger partial charge in [0.05, 0.1) is 0 Å². The van der Waals surface area contributed by atoms with Crippen LogP contribution in [0.3, 0.4) is 0 Å². The van der Waals surface area contributed by atoms with Gasteiger partial charge in [-0.3, -0.25) is 4.79 Å². The molecule has 1 aromatic carbocycles. The predicted octanol–water partition coefficient (Wildman–Crippen LogP) is 1.12. The van der Waals surface area contributed by atoms with Gasteiger partial charge in [0.1, 0.15) is 6.04 Å². The second kappa shape index (κ2) is 8.55. The fraction of sp³-hybridized carbons (Fsp3) is 0.533.